The molecule has 7 heteroatoms. The first kappa shape index (κ1) is 18.5. The molecular weight excluding hydrogens is 384 g/mol. The zero-order valence-corrected chi connectivity index (χ0v) is 17.4. The van der Waals surface area contributed by atoms with Gasteiger partial charge in [0.1, 0.15) is 5.60 Å². The summed E-state index contributed by atoms with van der Waals surface area (Å²) >= 11 is 1.58. The third-order valence-electron chi connectivity index (χ3n) is 6.45. The Kier molecular flexibility index (Phi) is 4.52. The highest BCUT2D eigenvalue weighted by Gasteiger charge is 2.52. The number of piperidine rings is 1. The van der Waals surface area contributed by atoms with Gasteiger partial charge in [0.25, 0.3) is 5.91 Å². The second-order valence-electron chi connectivity index (χ2n) is 8.06. The Labute approximate surface area is 173 Å². The second-order valence-corrected chi connectivity index (χ2v) is 8.97. The monoisotopic (exact) mass is 408 g/mol. The largest absolute Gasteiger partial charge is 0.372 e. The van der Waals surface area contributed by atoms with Gasteiger partial charge in [-0.05, 0) is 37.5 Å². The minimum Gasteiger partial charge on any atom is -0.372 e. The molecule has 2 aliphatic rings. The van der Waals surface area contributed by atoms with Crippen LogP contribution >= 0.6 is 11.3 Å². The van der Waals surface area contributed by atoms with Crippen LogP contribution < -0.4 is 0 Å². The fourth-order valence-corrected chi connectivity index (χ4v) is 5.96. The molecule has 2 aliphatic heterocycles. The van der Waals surface area contributed by atoms with Crippen LogP contribution in [0.3, 0.4) is 0 Å². The van der Waals surface area contributed by atoms with Crippen molar-refractivity contribution in [1.82, 2.24) is 20.1 Å². The van der Waals surface area contributed by atoms with Crippen molar-refractivity contribution < 1.29 is 9.53 Å². The molecule has 0 spiro atoms. The van der Waals surface area contributed by atoms with Crippen LogP contribution in [0.5, 0.6) is 0 Å². The molecule has 1 amide bonds. The maximum atomic E-state index is 13.4. The Bertz CT molecular complexity index is 1020. The summed E-state index contributed by atoms with van der Waals surface area (Å²) in [5, 5.41) is 8.80. The lowest BCUT2D eigenvalue weighted by Gasteiger charge is -2.45. The Morgan fingerprint density at radius 1 is 1.34 bits per heavy atom. The van der Waals surface area contributed by atoms with Gasteiger partial charge in [-0.25, -0.2) is 0 Å². The quantitative estimate of drug-likeness (QED) is 0.704. The molecule has 0 aliphatic carbocycles. The molecule has 2 atom stereocenters. The SMILES string of the molecule is COC1(c2ncccc2C)CC2CCC(C1)N2C(=O)c1csc(-c2cn[nH]c2)c1. The van der Waals surface area contributed by atoms with Crippen LogP contribution in [0.15, 0.2) is 42.2 Å². The molecule has 3 aromatic heterocycles. The van der Waals surface area contributed by atoms with Gasteiger partial charge in [-0.1, -0.05) is 6.07 Å². The van der Waals surface area contributed by atoms with E-state index in [9.17, 15) is 4.79 Å². The number of fused-ring (bicyclic) bond motifs is 2. The average molecular weight is 409 g/mol. The number of aryl methyl sites for hydroxylation is 1. The van der Waals surface area contributed by atoms with E-state index in [0.29, 0.717) is 0 Å². The van der Waals surface area contributed by atoms with Crippen molar-refractivity contribution in [2.75, 3.05) is 7.11 Å². The van der Waals surface area contributed by atoms with E-state index in [0.717, 1.165) is 52.9 Å². The number of thiophene rings is 1. The first-order chi connectivity index (χ1) is 14.1. The molecule has 0 radical (unpaired) electrons. The molecule has 29 heavy (non-hydrogen) atoms. The molecule has 0 aromatic carbocycles. The Morgan fingerprint density at radius 3 is 2.79 bits per heavy atom. The van der Waals surface area contributed by atoms with Gasteiger partial charge in [-0.3, -0.25) is 14.9 Å². The number of carbonyl (C=O) groups excluding carboxylic acids is 1. The summed E-state index contributed by atoms with van der Waals surface area (Å²) in [6.45, 7) is 2.09. The molecule has 2 bridgehead atoms. The zero-order chi connectivity index (χ0) is 20.0. The third-order valence-corrected chi connectivity index (χ3v) is 7.43. The first-order valence-corrected chi connectivity index (χ1v) is 10.9. The number of aromatic amines is 1. The van der Waals surface area contributed by atoms with E-state index in [2.05, 4.69) is 33.1 Å². The van der Waals surface area contributed by atoms with Gasteiger partial charge in [0, 0.05) is 60.2 Å². The van der Waals surface area contributed by atoms with Gasteiger partial charge in [0.05, 0.1) is 17.5 Å². The fraction of sp³-hybridized carbons (Fsp3) is 0.409. The van der Waals surface area contributed by atoms with Gasteiger partial charge in [0.15, 0.2) is 0 Å². The summed E-state index contributed by atoms with van der Waals surface area (Å²) in [4.78, 5) is 21.2. The minimum atomic E-state index is -0.412. The highest BCUT2D eigenvalue weighted by atomic mass is 32.1. The fourth-order valence-electron chi connectivity index (χ4n) is 5.09. The van der Waals surface area contributed by atoms with E-state index in [-0.39, 0.29) is 18.0 Å². The van der Waals surface area contributed by atoms with Crippen LogP contribution in [-0.2, 0) is 10.3 Å². The topological polar surface area (TPSA) is 71.1 Å². The number of carbonyl (C=O) groups is 1. The summed E-state index contributed by atoms with van der Waals surface area (Å²) in [7, 11) is 1.78. The van der Waals surface area contributed by atoms with Crippen molar-refractivity contribution in [2.24, 2.45) is 0 Å². The number of nitrogens with one attached hydrogen (secondary N) is 1. The van der Waals surface area contributed by atoms with E-state index >= 15 is 0 Å². The van der Waals surface area contributed by atoms with Crippen molar-refractivity contribution in [3.63, 3.8) is 0 Å². The number of hydrogen-bond donors (Lipinski definition) is 1. The lowest BCUT2D eigenvalue weighted by Crippen LogP contribution is -2.53. The van der Waals surface area contributed by atoms with E-state index in [1.54, 1.807) is 24.6 Å². The number of nitrogens with zero attached hydrogens (tertiary/aromatic N) is 3. The number of hydrogen-bond acceptors (Lipinski definition) is 5. The van der Waals surface area contributed by atoms with Crippen LogP contribution in [0.4, 0.5) is 0 Å². The number of amides is 1. The molecule has 0 saturated carbocycles. The lowest BCUT2D eigenvalue weighted by molar-refractivity contribution is -0.0818. The lowest BCUT2D eigenvalue weighted by atomic mass is 9.81. The molecule has 6 nitrogen and oxygen atoms in total. The van der Waals surface area contributed by atoms with Gasteiger partial charge < -0.3 is 9.64 Å². The summed E-state index contributed by atoms with van der Waals surface area (Å²) in [6.07, 6.45) is 9.10. The van der Waals surface area contributed by atoms with Gasteiger partial charge in [0.2, 0.25) is 0 Å². The van der Waals surface area contributed by atoms with Crippen LogP contribution in [0.2, 0.25) is 0 Å². The molecule has 1 N–H and O–H groups in total. The number of rotatable bonds is 4. The van der Waals surface area contributed by atoms with Gasteiger partial charge in [-0.15, -0.1) is 11.3 Å². The number of aromatic nitrogens is 3. The molecule has 5 rings (SSSR count). The van der Waals surface area contributed by atoms with Crippen LogP contribution in [0.25, 0.3) is 10.4 Å². The summed E-state index contributed by atoms with van der Waals surface area (Å²) in [5.41, 5.74) is 3.53. The Hall–Kier alpha value is -2.51. The average Bonchev–Trinajstić information content (AvgIpc) is 3.47. The molecule has 150 valence electrons. The van der Waals surface area contributed by atoms with Gasteiger partial charge >= 0.3 is 0 Å². The number of ether oxygens (including phenoxy) is 1. The second kappa shape index (κ2) is 7.07. The summed E-state index contributed by atoms with van der Waals surface area (Å²) in [6, 6.07) is 6.40. The van der Waals surface area contributed by atoms with Crippen LogP contribution in [0.1, 0.15) is 47.3 Å². The van der Waals surface area contributed by atoms with Crippen LogP contribution in [-0.4, -0.2) is 45.2 Å². The predicted molar refractivity (Wildman–Crippen MR) is 112 cm³/mol. The van der Waals surface area contributed by atoms with E-state index in [1.165, 1.54) is 0 Å². The maximum absolute atomic E-state index is 13.4. The number of pyridine rings is 1. The summed E-state index contributed by atoms with van der Waals surface area (Å²) in [5.74, 6) is 0.131. The maximum Gasteiger partial charge on any atom is 0.255 e. The van der Waals surface area contributed by atoms with Crippen molar-refractivity contribution >= 4 is 17.2 Å². The van der Waals surface area contributed by atoms with E-state index < -0.39 is 5.60 Å². The van der Waals surface area contributed by atoms with E-state index in [4.69, 9.17) is 4.74 Å². The van der Waals surface area contributed by atoms with Crippen molar-refractivity contribution in [3.8, 4) is 10.4 Å². The molecular formula is C22H24N4O2S. The smallest absolute Gasteiger partial charge is 0.255 e. The Balaban J connectivity index is 1.42. The molecule has 5 heterocycles. The molecule has 2 saturated heterocycles. The van der Waals surface area contributed by atoms with Crippen molar-refractivity contribution in [3.05, 3.63) is 59.0 Å². The third kappa shape index (κ3) is 3.00. The standard InChI is InChI=1S/C22H24N4O2S/c1-14-4-3-7-23-20(14)22(28-2)9-17-5-6-18(10-22)26(17)21(27)15-8-19(29-13-15)16-11-24-25-12-16/h3-4,7-8,11-13,17-18H,5-6,9-10H2,1-2H3,(H,24,25). The minimum absolute atomic E-state index is 0.131. The zero-order valence-electron chi connectivity index (χ0n) is 16.6. The van der Waals surface area contributed by atoms with E-state index in [1.807, 2.05) is 29.9 Å². The number of H-pyrrole nitrogens is 1. The predicted octanol–water partition coefficient (Wildman–Crippen LogP) is 4.15. The van der Waals surface area contributed by atoms with Gasteiger partial charge in [-0.2, -0.15) is 5.10 Å². The van der Waals surface area contributed by atoms with Crippen molar-refractivity contribution in [2.45, 2.75) is 50.3 Å². The normalized spacial score (nSPS) is 26.1. The van der Waals surface area contributed by atoms with Crippen LogP contribution in [0, 0.1) is 6.92 Å². The molecule has 2 fully saturated rings. The molecule has 3 aromatic rings. The molecule has 2 unspecified atom stereocenters. The summed E-state index contributed by atoms with van der Waals surface area (Å²) < 4.78 is 6.10. The van der Waals surface area contributed by atoms with Crippen molar-refractivity contribution in [1.29, 1.82) is 0 Å². The Morgan fingerprint density at radius 2 is 2.14 bits per heavy atom. The first-order valence-electron chi connectivity index (χ1n) is 9.99. The highest BCUT2D eigenvalue weighted by molar-refractivity contribution is 7.13. The number of methoxy groups -OCH3 is 1. The highest BCUT2D eigenvalue weighted by Crippen LogP contribution is 2.48.